The highest BCUT2D eigenvalue weighted by Gasteiger charge is 2.12. The zero-order valence-electron chi connectivity index (χ0n) is 34.8. The summed E-state index contributed by atoms with van der Waals surface area (Å²) in [7, 11) is 0. The largest absolute Gasteiger partial charge is 0.341 e. The molecule has 290 valence electrons. The van der Waals surface area contributed by atoms with Gasteiger partial charge in [-0.2, -0.15) is 0 Å². The molecule has 0 unspecified atom stereocenters. The van der Waals surface area contributed by atoms with Gasteiger partial charge in [-0.3, -0.25) is 0 Å². The minimum atomic E-state index is 0.946. The van der Waals surface area contributed by atoms with Crippen LogP contribution in [0.4, 0.5) is 0 Å². The average molecular weight is 766 g/mol. The van der Waals surface area contributed by atoms with Crippen molar-refractivity contribution in [2.75, 3.05) is 0 Å². The molecule has 0 spiro atoms. The van der Waals surface area contributed by atoms with Crippen LogP contribution in [0.2, 0.25) is 0 Å². The smallest absolute Gasteiger partial charge is 0.0491 e. The first-order chi connectivity index (χ1) is 29.1. The monoisotopic (exact) mass is 765 g/mol. The summed E-state index contributed by atoms with van der Waals surface area (Å²) in [4.78, 5) is 0. The van der Waals surface area contributed by atoms with Crippen LogP contribution in [0.1, 0.15) is 68.0 Å². The Balaban J connectivity index is 0.00000221. The van der Waals surface area contributed by atoms with Crippen molar-refractivity contribution >= 4 is 102 Å². The van der Waals surface area contributed by atoms with E-state index in [1.54, 1.807) is 0 Å². The van der Waals surface area contributed by atoms with Crippen LogP contribution in [0, 0.1) is 0 Å². The summed E-state index contributed by atoms with van der Waals surface area (Å²) in [6.45, 7) is 13.5. The van der Waals surface area contributed by atoms with Crippen LogP contribution in [0.25, 0.3) is 102 Å². The molecule has 7 aromatic carbocycles. The van der Waals surface area contributed by atoms with Gasteiger partial charge in [0.2, 0.25) is 0 Å². The van der Waals surface area contributed by atoms with E-state index in [2.05, 4.69) is 217 Å². The number of hydrogen-bond acceptors (Lipinski definition) is 0. The van der Waals surface area contributed by atoms with E-state index in [1.807, 2.05) is 13.8 Å². The Morgan fingerprint density at radius 2 is 0.542 bits per heavy atom. The Morgan fingerprint density at radius 1 is 0.288 bits per heavy atom. The Hall–Kier alpha value is -6.84. The van der Waals surface area contributed by atoms with Gasteiger partial charge in [-0.1, -0.05) is 123 Å². The third-order valence-electron chi connectivity index (χ3n) is 11.7. The number of nitrogens with zero attached hydrogens (tertiary/aromatic N) is 3. The first-order valence-electron chi connectivity index (χ1n) is 21.3. The molecule has 0 saturated carbocycles. The van der Waals surface area contributed by atoms with Gasteiger partial charge < -0.3 is 13.7 Å². The first-order valence-corrected chi connectivity index (χ1v) is 21.3. The van der Waals surface area contributed by atoms with Crippen LogP contribution in [0.5, 0.6) is 0 Å². The maximum Gasteiger partial charge on any atom is 0.0491 e. The minimum Gasteiger partial charge on any atom is -0.341 e. The number of rotatable bonds is 9. The number of aryl methyl sites for hydroxylation is 3. The van der Waals surface area contributed by atoms with Crippen molar-refractivity contribution in [2.45, 2.75) is 54.3 Å². The van der Waals surface area contributed by atoms with E-state index in [4.69, 9.17) is 0 Å². The van der Waals surface area contributed by atoms with Crippen molar-refractivity contribution in [3.63, 3.8) is 0 Å². The lowest BCUT2D eigenvalue weighted by Gasteiger charge is -2.05. The normalized spacial score (nSPS) is 12.2. The molecular weight excluding hydrogens is 715 g/mol. The molecule has 10 aromatic rings. The second-order valence-electron chi connectivity index (χ2n) is 15.0. The van der Waals surface area contributed by atoms with Crippen molar-refractivity contribution in [3.8, 4) is 0 Å². The third-order valence-corrected chi connectivity index (χ3v) is 11.7. The fourth-order valence-electron chi connectivity index (χ4n) is 9.12. The molecule has 3 heterocycles. The molecule has 3 heteroatoms. The van der Waals surface area contributed by atoms with Crippen LogP contribution in [0.3, 0.4) is 0 Å². The van der Waals surface area contributed by atoms with Gasteiger partial charge in [-0.15, -0.1) is 0 Å². The highest BCUT2D eigenvalue weighted by atomic mass is 15.0. The summed E-state index contributed by atoms with van der Waals surface area (Å²) in [5, 5.41) is 7.81. The Labute approximate surface area is 347 Å². The summed E-state index contributed by atoms with van der Waals surface area (Å²) >= 11 is 0. The van der Waals surface area contributed by atoms with Crippen LogP contribution in [-0.2, 0) is 19.6 Å². The standard InChI is InChI=1S/C54H45N3.C2H6/c1-4-55-49-16-10-7-13-43(49)46-34-37(25-28-52(46)55)19-22-40-31-41(23-20-38-26-29-53-47(35-38)44-14-8-11-17-50(44)56(53)5-2)33-42(32-40)24-21-39-27-30-54-48(36-39)45-15-9-12-18-51(45)57(54)6-3;1-2/h7-36H,4-6H2,1-3H3;1-2H3/b22-19+,23-20+,24-21+;. The quantitative estimate of drug-likeness (QED) is 0.130. The molecule has 3 nitrogen and oxygen atoms in total. The molecule has 0 fully saturated rings. The Kier molecular flexibility index (Phi) is 10.4. The number of aromatic nitrogens is 3. The molecule has 0 bridgehead atoms. The lowest BCUT2D eigenvalue weighted by atomic mass is 10.0. The second kappa shape index (κ2) is 16.2. The highest BCUT2D eigenvalue weighted by Crippen LogP contribution is 2.33. The number of para-hydroxylation sites is 3. The summed E-state index contributed by atoms with van der Waals surface area (Å²) in [6, 6.07) is 53.6. The lowest BCUT2D eigenvalue weighted by molar-refractivity contribution is 0.827. The predicted molar refractivity (Wildman–Crippen MR) is 260 cm³/mol. The lowest BCUT2D eigenvalue weighted by Crippen LogP contribution is -1.92. The fraction of sp³-hybridized carbons (Fsp3) is 0.143. The topological polar surface area (TPSA) is 14.8 Å². The van der Waals surface area contributed by atoms with Gasteiger partial charge in [0, 0.05) is 85.1 Å². The van der Waals surface area contributed by atoms with E-state index < -0.39 is 0 Å². The molecule has 0 aliphatic rings. The van der Waals surface area contributed by atoms with E-state index in [9.17, 15) is 0 Å². The molecule has 0 aliphatic carbocycles. The molecule has 59 heavy (non-hydrogen) atoms. The minimum absolute atomic E-state index is 0.946. The summed E-state index contributed by atoms with van der Waals surface area (Å²) in [6.07, 6.45) is 13.5. The zero-order valence-corrected chi connectivity index (χ0v) is 34.8. The van der Waals surface area contributed by atoms with Crippen molar-refractivity contribution in [3.05, 3.63) is 179 Å². The van der Waals surface area contributed by atoms with Gasteiger partial charge in [-0.05, 0) is 127 Å². The maximum atomic E-state index is 2.41. The Morgan fingerprint density at radius 3 is 0.831 bits per heavy atom. The van der Waals surface area contributed by atoms with Crippen molar-refractivity contribution in [2.24, 2.45) is 0 Å². The molecule has 0 saturated heterocycles. The molecular formula is C56H51N3. The number of hydrogen-bond donors (Lipinski definition) is 0. The molecule has 0 N–H and O–H groups in total. The fourth-order valence-corrected chi connectivity index (χ4v) is 9.12. The first kappa shape index (κ1) is 37.7. The van der Waals surface area contributed by atoms with Gasteiger partial charge in [0.15, 0.2) is 0 Å². The highest BCUT2D eigenvalue weighted by molar-refractivity contribution is 6.11. The van der Waals surface area contributed by atoms with E-state index in [-0.39, 0.29) is 0 Å². The van der Waals surface area contributed by atoms with E-state index >= 15 is 0 Å². The van der Waals surface area contributed by atoms with E-state index in [1.165, 1.54) is 82.1 Å². The molecule has 3 aromatic heterocycles. The van der Waals surface area contributed by atoms with E-state index in [0.717, 1.165) is 36.3 Å². The van der Waals surface area contributed by atoms with Crippen LogP contribution >= 0.6 is 0 Å². The van der Waals surface area contributed by atoms with Gasteiger partial charge in [0.1, 0.15) is 0 Å². The maximum absolute atomic E-state index is 2.41. The van der Waals surface area contributed by atoms with Crippen molar-refractivity contribution < 1.29 is 0 Å². The number of fused-ring (bicyclic) bond motifs is 9. The predicted octanol–water partition coefficient (Wildman–Crippen LogP) is 15.6. The Bertz CT molecular complexity index is 2890. The van der Waals surface area contributed by atoms with Gasteiger partial charge >= 0.3 is 0 Å². The van der Waals surface area contributed by atoms with Crippen molar-refractivity contribution in [1.29, 1.82) is 0 Å². The SMILES string of the molecule is CC.CCn1c2ccccc2c2cc(/C=C/c3cc(/C=C/c4ccc5c(c4)c4ccccc4n5CC)cc(/C=C/c4ccc5c(c4)c4ccccc4n5CC)c3)ccc21. The summed E-state index contributed by atoms with van der Waals surface area (Å²) in [5.41, 5.74) is 14.8. The summed E-state index contributed by atoms with van der Waals surface area (Å²) in [5.74, 6) is 0. The van der Waals surface area contributed by atoms with Gasteiger partial charge in [0.25, 0.3) is 0 Å². The molecule has 0 radical (unpaired) electrons. The third kappa shape index (κ3) is 6.87. The van der Waals surface area contributed by atoms with Crippen LogP contribution < -0.4 is 0 Å². The van der Waals surface area contributed by atoms with Crippen molar-refractivity contribution in [1.82, 2.24) is 13.7 Å². The molecule has 10 rings (SSSR count). The van der Waals surface area contributed by atoms with E-state index in [0.29, 0.717) is 0 Å². The molecule has 0 amide bonds. The van der Waals surface area contributed by atoms with Crippen LogP contribution in [-0.4, -0.2) is 13.7 Å². The van der Waals surface area contributed by atoms with Gasteiger partial charge in [-0.25, -0.2) is 0 Å². The molecule has 0 atom stereocenters. The second-order valence-corrected chi connectivity index (χ2v) is 15.0. The summed E-state index contributed by atoms with van der Waals surface area (Å²) < 4.78 is 7.23. The van der Waals surface area contributed by atoms with Crippen LogP contribution in [0.15, 0.2) is 146 Å². The van der Waals surface area contributed by atoms with Gasteiger partial charge in [0.05, 0.1) is 0 Å². The number of benzene rings is 7. The zero-order chi connectivity index (χ0) is 40.5. The average Bonchev–Trinajstić information content (AvgIpc) is 3.91. The molecule has 0 aliphatic heterocycles.